The van der Waals surface area contributed by atoms with Crippen molar-refractivity contribution in [1.82, 2.24) is 0 Å². The van der Waals surface area contributed by atoms with E-state index in [1.54, 1.807) is 32.0 Å². The van der Waals surface area contributed by atoms with E-state index in [0.29, 0.717) is 22.8 Å². The van der Waals surface area contributed by atoms with Crippen molar-refractivity contribution in [3.8, 4) is 5.75 Å². The summed E-state index contributed by atoms with van der Waals surface area (Å²) in [6, 6.07) is 27.7. The lowest BCUT2D eigenvalue weighted by Gasteiger charge is -2.51. The molecular formula is C38H39ClF2O6. The number of aliphatic hydroxyl groups is 1. The van der Waals surface area contributed by atoms with Crippen LogP contribution in [0.2, 0.25) is 5.02 Å². The molecule has 2 aliphatic rings. The van der Waals surface area contributed by atoms with Gasteiger partial charge in [0.2, 0.25) is 11.6 Å². The van der Waals surface area contributed by atoms with Crippen molar-refractivity contribution < 1.29 is 37.6 Å². The van der Waals surface area contributed by atoms with Crippen LogP contribution in [0.15, 0.2) is 91.0 Å². The molecule has 0 amide bonds. The fourth-order valence-corrected chi connectivity index (χ4v) is 6.83. The minimum atomic E-state index is -1.51. The third-order valence-electron chi connectivity index (χ3n) is 9.31. The molecule has 1 unspecified atom stereocenters. The number of aliphatic hydroxyl groups excluding tert-OH is 1. The summed E-state index contributed by atoms with van der Waals surface area (Å²) in [5.41, 5.74) is 2.03. The van der Waals surface area contributed by atoms with Crippen molar-refractivity contribution >= 4 is 11.6 Å². The Kier molecular flexibility index (Phi) is 9.99. The second-order valence-electron chi connectivity index (χ2n) is 12.2. The van der Waals surface area contributed by atoms with Gasteiger partial charge in [-0.05, 0) is 54.3 Å². The lowest BCUT2D eigenvalue weighted by molar-refractivity contribution is -0.343. The van der Waals surface area contributed by atoms with Crippen LogP contribution in [0.3, 0.4) is 0 Å². The summed E-state index contributed by atoms with van der Waals surface area (Å²) in [5.74, 6) is -4.04. The minimum Gasteiger partial charge on any atom is -0.491 e. The Morgan fingerprint density at radius 3 is 2.19 bits per heavy atom. The molecule has 0 spiro atoms. The van der Waals surface area contributed by atoms with Crippen LogP contribution in [0.5, 0.6) is 5.75 Å². The number of ether oxygens (including phenoxy) is 5. The van der Waals surface area contributed by atoms with E-state index in [4.69, 9.17) is 35.3 Å². The predicted octanol–water partition coefficient (Wildman–Crippen LogP) is 7.75. The average Bonchev–Trinajstić information content (AvgIpc) is 3.47. The molecule has 2 saturated heterocycles. The van der Waals surface area contributed by atoms with E-state index in [1.807, 2.05) is 67.6 Å². The van der Waals surface area contributed by atoms with Gasteiger partial charge in [0.15, 0.2) is 11.6 Å². The average molecular weight is 665 g/mol. The summed E-state index contributed by atoms with van der Waals surface area (Å²) in [7, 11) is 0. The minimum absolute atomic E-state index is 0.000660. The zero-order valence-corrected chi connectivity index (χ0v) is 27.4. The number of hydrogen-bond acceptors (Lipinski definition) is 6. The second kappa shape index (κ2) is 14.0. The summed E-state index contributed by atoms with van der Waals surface area (Å²) in [4.78, 5) is 0. The maximum atomic E-state index is 15.2. The molecule has 2 heterocycles. The predicted molar refractivity (Wildman–Crippen MR) is 174 cm³/mol. The lowest BCUT2D eigenvalue weighted by atomic mass is 9.75. The van der Waals surface area contributed by atoms with Gasteiger partial charge in [-0.1, -0.05) is 91.3 Å². The van der Waals surface area contributed by atoms with Gasteiger partial charge in [0, 0.05) is 22.9 Å². The molecule has 0 radical (unpaired) electrons. The summed E-state index contributed by atoms with van der Waals surface area (Å²) in [5, 5.41) is 11.5. The van der Waals surface area contributed by atoms with Crippen molar-refractivity contribution in [3.05, 3.63) is 135 Å². The molecule has 6 atom stereocenters. The molecule has 4 aromatic rings. The normalized spacial score (nSPS) is 25.9. The third kappa shape index (κ3) is 6.43. The largest absolute Gasteiger partial charge is 0.491 e. The Morgan fingerprint density at radius 1 is 0.894 bits per heavy atom. The second-order valence-corrected chi connectivity index (χ2v) is 12.6. The highest BCUT2D eigenvalue weighted by atomic mass is 35.5. The molecule has 0 saturated carbocycles. The third-order valence-corrected chi connectivity index (χ3v) is 9.68. The maximum Gasteiger partial charge on any atom is 0.225 e. The number of hydrogen-bond donors (Lipinski definition) is 1. The topological polar surface area (TPSA) is 66.4 Å². The van der Waals surface area contributed by atoms with Crippen molar-refractivity contribution in [2.75, 3.05) is 13.2 Å². The first kappa shape index (κ1) is 33.5. The van der Waals surface area contributed by atoms with Gasteiger partial charge < -0.3 is 28.8 Å². The Labute approximate surface area is 279 Å². The SMILES string of the molecule is CCOc1ccc(Cc2cc([C@]34OC[C@](C(C)O)(O3)[C@@H](C)[C@H](OCc3ccccc3)[C@H]4OCc3ccccc3)ccc2Cl)c(F)c1F. The summed E-state index contributed by atoms with van der Waals surface area (Å²) < 4.78 is 62.0. The van der Waals surface area contributed by atoms with Crippen molar-refractivity contribution in [2.24, 2.45) is 5.92 Å². The van der Waals surface area contributed by atoms with Crippen molar-refractivity contribution in [2.45, 2.75) is 70.1 Å². The number of halogens is 3. The Morgan fingerprint density at radius 2 is 1.55 bits per heavy atom. The van der Waals surface area contributed by atoms with E-state index < -0.39 is 41.3 Å². The van der Waals surface area contributed by atoms with Gasteiger partial charge in [-0.2, -0.15) is 4.39 Å². The Bertz CT molecular complexity index is 1670. The van der Waals surface area contributed by atoms with E-state index in [2.05, 4.69) is 0 Å². The molecule has 2 aliphatic heterocycles. The molecule has 47 heavy (non-hydrogen) atoms. The summed E-state index contributed by atoms with van der Waals surface area (Å²) in [6.07, 6.45) is -2.27. The maximum absolute atomic E-state index is 15.2. The van der Waals surface area contributed by atoms with Gasteiger partial charge in [-0.3, -0.25) is 0 Å². The van der Waals surface area contributed by atoms with E-state index >= 15 is 4.39 Å². The van der Waals surface area contributed by atoms with Crippen molar-refractivity contribution in [3.63, 3.8) is 0 Å². The smallest absolute Gasteiger partial charge is 0.225 e. The van der Waals surface area contributed by atoms with Gasteiger partial charge in [-0.25, -0.2) is 4.39 Å². The molecule has 2 fully saturated rings. The highest BCUT2D eigenvalue weighted by Crippen LogP contribution is 2.55. The Hall–Kier alpha value is -3.37. The quantitative estimate of drug-likeness (QED) is 0.167. The fraction of sp³-hybridized carbons (Fsp3) is 0.368. The summed E-state index contributed by atoms with van der Waals surface area (Å²) in [6.45, 7) is 6.22. The van der Waals surface area contributed by atoms with E-state index in [-0.39, 0.29) is 43.5 Å². The first-order chi connectivity index (χ1) is 22.7. The molecule has 248 valence electrons. The molecule has 0 aromatic heterocycles. The van der Waals surface area contributed by atoms with Gasteiger partial charge in [-0.15, -0.1) is 0 Å². The monoisotopic (exact) mass is 664 g/mol. The van der Waals surface area contributed by atoms with Crippen LogP contribution in [-0.2, 0) is 44.4 Å². The zero-order valence-electron chi connectivity index (χ0n) is 26.6. The van der Waals surface area contributed by atoms with Gasteiger partial charge in [0.05, 0.1) is 38.6 Å². The highest BCUT2D eigenvalue weighted by Gasteiger charge is 2.69. The number of benzene rings is 4. The van der Waals surface area contributed by atoms with Crippen LogP contribution in [0, 0.1) is 17.6 Å². The van der Waals surface area contributed by atoms with Gasteiger partial charge in [0.1, 0.15) is 11.7 Å². The van der Waals surface area contributed by atoms with E-state index in [9.17, 15) is 9.50 Å². The molecular weight excluding hydrogens is 626 g/mol. The standard InChI is InChI=1S/C38H39ClF2O6/c1-4-43-32-18-15-28(33(40)34(32)41)19-29-20-30(16-17-31(29)39)38-36(45-22-27-13-9-6-10-14-27)35(44-21-26-11-7-5-8-12-26)24(2)37(47-38,23-46-38)25(3)42/h5-18,20,24-25,35-36,42H,4,19,21-23H2,1-3H3/t24-,25?,35-,36+,37-,38-/m0/s1. The highest BCUT2D eigenvalue weighted by molar-refractivity contribution is 6.31. The van der Waals surface area contributed by atoms with E-state index in [0.717, 1.165) is 11.1 Å². The molecule has 1 N–H and O–H groups in total. The van der Waals surface area contributed by atoms with Crippen LogP contribution in [0.4, 0.5) is 8.78 Å². The van der Waals surface area contributed by atoms with Crippen LogP contribution >= 0.6 is 11.6 Å². The number of fused-ring (bicyclic) bond motifs is 2. The van der Waals surface area contributed by atoms with Crippen LogP contribution < -0.4 is 4.74 Å². The fourth-order valence-electron chi connectivity index (χ4n) is 6.65. The molecule has 6 nitrogen and oxygen atoms in total. The lowest BCUT2D eigenvalue weighted by Crippen LogP contribution is -2.65. The molecule has 9 heteroatoms. The van der Waals surface area contributed by atoms with Crippen LogP contribution in [0.1, 0.15) is 48.6 Å². The van der Waals surface area contributed by atoms with E-state index in [1.165, 1.54) is 12.1 Å². The first-order valence-electron chi connectivity index (χ1n) is 15.9. The molecule has 4 aromatic carbocycles. The Balaban J connectivity index is 1.41. The molecule has 0 aliphatic carbocycles. The van der Waals surface area contributed by atoms with Crippen LogP contribution in [0.25, 0.3) is 0 Å². The van der Waals surface area contributed by atoms with Gasteiger partial charge >= 0.3 is 0 Å². The molecule has 2 bridgehead atoms. The number of rotatable bonds is 12. The van der Waals surface area contributed by atoms with Gasteiger partial charge in [0.25, 0.3) is 0 Å². The molecule has 6 rings (SSSR count). The van der Waals surface area contributed by atoms with Crippen LogP contribution in [-0.4, -0.2) is 42.2 Å². The zero-order chi connectivity index (χ0) is 33.2. The van der Waals surface area contributed by atoms with Crippen molar-refractivity contribution in [1.29, 1.82) is 0 Å². The summed E-state index contributed by atoms with van der Waals surface area (Å²) >= 11 is 6.66. The first-order valence-corrected chi connectivity index (χ1v) is 16.3.